The van der Waals surface area contributed by atoms with E-state index in [-0.39, 0.29) is 5.75 Å². The third kappa shape index (κ3) is 11.2. The first kappa shape index (κ1) is 25.7. The van der Waals surface area contributed by atoms with Crippen LogP contribution in [0.2, 0.25) is 0 Å². The molecule has 2 aromatic rings. The number of anilines is 4. The molecule has 7 nitrogen and oxygen atoms in total. The third-order valence-corrected chi connectivity index (χ3v) is 5.39. The zero-order chi connectivity index (χ0) is 22.9. The molecule has 2 rings (SSSR count). The van der Waals surface area contributed by atoms with Crippen LogP contribution in [-0.4, -0.2) is 33.1 Å². The Morgan fingerprint density at radius 1 is 0.594 bits per heavy atom. The zero-order valence-corrected chi connectivity index (χ0v) is 20.0. The lowest BCUT2D eigenvalue weighted by molar-refractivity contribution is 0.475. The summed E-state index contributed by atoms with van der Waals surface area (Å²) in [4.78, 5) is 13.6. The monoisotopic (exact) mass is 442 g/mol. The van der Waals surface area contributed by atoms with Gasteiger partial charge in [0, 0.05) is 18.8 Å². The summed E-state index contributed by atoms with van der Waals surface area (Å²) in [7, 11) is 0. The SMILES string of the molecule is CCCCCCCCNc1nc(NCCCCCCCC)nc(Nc2ccc(O)cc2)n1. The molecule has 1 heterocycles. The highest BCUT2D eigenvalue weighted by Crippen LogP contribution is 2.19. The fraction of sp³-hybridized carbons (Fsp3) is 0.640. The number of nitrogens with one attached hydrogen (secondary N) is 3. The van der Waals surface area contributed by atoms with E-state index in [0.717, 1.165) is 31.6 Å². The minimum atomic E-state index is 0.230. The molecule has 1 aromatic carbocycles. The first-order chi connectivity index (χ1) is 15.7. The number of unbranched alkanes of at least 4 members (excludes halogenated alkanes) is 10. The summed E-state index contributed by atoms with van der Waals surface area (Å²) in [5, 5.41) is 19.4. The lowest BCUT2D eigenvalue weighted by atomic mass is 10.1. The largest absolute Gasteiger partial charge is 0.508 e. The summed E-state index contributed by atoms with van der Waals surface area (Å²) in [6, 6.07) is 6.87. The highest BCUT2D eigenvalue weighted by molar-refractivity contribution is 5.56. The lowest BCUT2D eigenvalue weighted by Crippen LogP contribution is -2.12. The van der Waals surface area contributed by atoms with Gasteiger partial charge in [-0.2, -0.15) is 15.0 Å². The van der Waals surface area contributed by atoms with Crippen LogP contribution < -0.4 is 16.0 Å². The molecule has 1 aromatic heterocycles. The third-order valence-electron chi connectivity index (χ3n) is 5.39. The highest BCUT2D eigenvalue weighted by atomic mass is 16.3. The van der Waals surface area contributed by atoms with Crippen LogP contribution in [0.4, 0.5) is 23.5 Å². The minimum Gasteiger partial charge on any atom is -0.508 e. The molecule has 0 bridgehead atoms. The molecule has 4 N–H and O–H groups in total. The molecule has 0 saturated heterocycles. The number of nitrogens with zero attached hydrogens (tertiary/aromatic N) is 3. The molecular formula is C25H42N6O. The van der Waals surface area contributed by atoms with Crippen molar-refractivity contribution in [1.82, 2.24) is 15.0 Å². The maximum Gasteiger partial charge on any atom is 0.233 e. The molecule has 0 aliphatic carbocycles. The number of aromatic nitrogens is 3. The summed E-state index contributed by atoms with van der Waals surface area (Å²) in [6.45, 7) is 6.19. The fourth-order valence-electron chi connectivity index (χ4n) is 3.47. The first-order valence-corrected chi connectivity index (χ1v) is 12.5. The maximum atomic E-state index is 9.50. The maximum absolute atomic E-state index is 9.50. The number of aromatic hydroxyl groups is 1. The van der Waals surface area contributed by atoms with Crippen molar-refractivity contribution in [3.8, 4) is 5.75 Å². The topological polar surface area (TPSA) is 95.0 Å². The molecular weight excluding hydrogens is 400 g/mol. The molecule has 0 atom stereocenters. The second-order valence-electron chi connectivity index (χ2n) is 8.37. The second kappa shape index (κ2) is 16.1. The van der Waals surface area contributed by atoms with Crippen LogP contribution in [0.1, 0.15) is 90.9 Å². The Bertz CT molecular complexity index is 701. The quantitative estimate of drug-likeness (QED) is 0.148. The molecule has 0 aliphatic rings. The van der Waals surface area contributed by atoms with Crippen molar-refractivity contribution in [2.24, 2.45) is 0 Å². The second-order valence-corrected chi connectivity index (χ2v) is 8.37. The summed E-state index contributed by atoms with van der Waals surface area (Å²) in [6.07, 6.45) is 15.0. The first-order valence-electron chi connectivity index (χ1n) is 12.5. The van der Waals surface area contributed by atoms with Crippen molar-refractivity contribution < 1.29 is 5.11 Å². The van der Waals surface area contributed by atoms with Gasteiger partial charge < -0.3 is 21.1 Å². The molecule has 32 heavy (non-hydrogen) atoms. The average Bonchev–Trinajstić information content (AvgIpc) is 2.79. The van der Waals surface area contributed by atoms with Crippen LogP contribution in [-0.2, 0) is 0 Å². The van der Waals surface area contributed by atoms with Gasteiger partial charge in [0.1, 0.15) is 5.75 Å². The smallest absolute Gasteiger partial charge is 0.233 e. The molecule has 178 valence electrons. The number of hydrogen-bond donors (Lipinski definition) is 4. The van der Waals surface area contributed by atoms with Crippen molar-refractivity contribution in [3.63, 3.8) is 0 Å². The van der Waals surface area contributed by atoms with Crippen molar-refractivity contribution in [2.45, 2.75) is 90.9 Å². The van der Waals surface area contributed by atoms with Gasteiger partial charge in [0.05, 0.1) is 0 Å². The Hall–Kier alpha value is -2.57. The van der Waals surface area contributed by atoms with Crippen LogP contribution >= 0.6 is 0 Å². The molecule has 0 radical (unpaired) electrons. The van der Waals surface area contributed by atoms with Gasteiger partial charge in [0.2, 0.25) is 17.8 Å². The predicted molar refractivity (Wildman–Crippen MR) is 135 cm³/mol. The van der Waals surface area contributed by atoms with Gasteiger partial charge in [-0.1, -0.05) is 78.1 Å². The van der Waals surface area contributed by atoms with Gasteiger partial charge in [-0.05, 0) is 37.1 Å². The molecule has 0 amide bonds. The molecule has 0 saturated carbocycles. The van der Waals surface area contributed by atoms with E-state index in [9.17, 15) is 5.11 Å². The van der Waals surface area contributed by atoms with E-state index in [2.05, 4.69) is 44.7 Å². The van der Waals surface area contributed by atoms with E-state index in [1.807, 2.05) is 0 Å². The predicted octanol–water partition coefficient (Wildman–Crippen LogP) is 6.87. The van der Waals surface area contributed by atoms with Gasteiger partial charge in [0.15, 0.2) is 0 Å². The Morgan fingerprint density at radius 3 is 1.53 bits per heavy atom. The van der Waals surface area contributed by atoms with E-state index in [4.69, 9.17) is 0 Å². The molecule has 0 aliphatic heterocycles. The van der Waals surface area contributed by atoms with Gasteiger partial charge in [-0.3, -0.25) is 0 Å². The van der Waals surface area contributed by atoms with Crippen molar-refractivity contribution in [3.05, 3.63) is 24.3 Å². The minimum absolute atomic E-state index is 0.230. The van der Waals surface area contributed by atoms with E-state index in [1.54, 1.807) is 24.3 Å². The van der Waals surface area contributed by atoms with Gasteiger partial charge in [-0.15, -0.1) is 0 Å². The van der Waals surface area contributed by atoms with Crippen molar-refractivity contribution >= 4 is 23.5 Å². The number of hydrogen-bond acceptors (Lipinski definition) is 7. The molecule has 0 unspecified atom stereocenters. The van der Waals surface area contributed by atoms with Crippen LogP contribution in [0.25, 0.3) is 0 Å². The van der Waals surface area contributed by atoms with Crippen LogP contribution in [0.5, 0.6) is 5.75 Å². The van der Waals surface area contributed by atoms with Crippen molar-refractivity contribution in [1.29, 1.82) is 0 Å². The van der Waals surface area contributed by atoms with Crippen LogP contribution in [0, 0.1) is 0 Å². The van der Waals surface area contributed by atoms with Crippen molar-refractivity contribution in [2.75, 3.05) is 29.0 Å². The van der Waals surface area contributed by atoms with Gasteiger partial charge in [0.25, 0.3) is 0 Å². The van der Waals surface area contributed by atoms with Gasteiger partial charge >= 0.3 is 0 Å². The number of phenols is 1. The summed E-state index contributed by atoms with van der Waals surface area (Å²) in [5.41, 5.74) is 0.817. The average molecular weight is 443 g/mol. The van der Waals surface area contributed by atoms with Crippen LogP contribution in [0.3, 0.4) is 0 Å². The fourth-order valence-corrected chi connectivity index (χ4v) is 3.47. The Labute approximate surface area is 193 Å². The Kier molecular flexibility index (Phi) is 12.9. The molecule has 0 fully saturated rings. The molecule has 0 spiro atoms. The Morgan fingerprint density at radius 2 is 1.03 bits per heavy atom. The van der Waals surface area contributed by atoms with E-state index < -0.39 is 0 Å². The number of phenolic OH excluding ortho intramolecular Hbond substituents is 1. The van der Waals surface area contributed by atoms with E-state index >= 15 is 0 Å². The lowest BCUT2D eigenvalue weighted by Gasteiger charge is -2.11. The summed E-state index contributed by atoms with van der Waals surface area (Å²) >= 11 is 0. The number of rotatable bonds is 18. The number of benzene rings is 1. The molecule has 7 heteroatoms. The normalized spacial score (nSPS) is 10.8. The van der Waals surface area contributed by atoms with Crippen LogP contribution in [0.15, 0.2) is 24.3 Å². The Balaban J connectivity index is 1.89. The standard InChI is InChI=1S/C25H42N6O/c1-3-5-7-9-11-13-19-26-23-29-24(27-20-14-12-10-8-6-4-2)31-25(30-23)28-21-15-17-22(32)18-16-21/h15-18,32H,3-14,19-20H2,1-2H3,(H3,26,27,28,29,30,31). The zero-order valence-electron chi connectivity index (χ0n) is 20.0. The summed E-state index contributed by atoms with van der Waals surface area (Å²) < 4.78 is 0. The van der Waals surface area contributed by atoms with E-state index in [1.165, 1.54) is 64.2 Å². The van der Waals surface area contributed by atoms with E-state index in [0.29, 0.717) is 17.8 Å². The highest BCUT2D eigenvalue weighted by Gasteiger charge is 2.07. The summed E-state index contributed by atoms with van der Waals surface area (Å²) in [5.74, 6) is 1.89. The van der Waals surface area contributed by atoms with Gasteiger partial charge in [-0.25, -0.2) is 0 Å².